The summed E-state index contributed by atoms with van der Waals surface area (Å²) in [5, 5.41) is 4.11. The van der Waals surface area contributed by atoms with Crippen LogP contribution >= 0.6 is 23.2 Å². The minimum Gasteiger partial charge on any atom is -0.384 e. The summed E-state index contributed by atoms with van der Waals surface area (Å²) in [4.78, 5) is 28.0. The Labute approximate surface area is 211 Å². The van der Waals surface area contributed by atoms with E-state index in [4.69, 9.17) is 33.7 Å². The average molecular weight is 512 g/mol. The highest BCUT2D eigenvalue weighted by Crippen LogP contribution is 2.31. The molecular weight excluding hydrogens is 489 g/mol. The van der Waals surface area contributed by atoms with Crippen LogP contribution in [0.3, 0.4) is 0 Å². The van der Waals surface area contributed by atoms with Gasteiger partial charge in [0.05, 0.1) is 27.2 Å². The fourth-order valence-corrected chi connectivity index (χ4v) is 4.78. The van der Waals surface area contributed by atoms with Gasteiger partial charge >= 0.3 is 5.69 Å². The largest absolute Gasteiger partial charge is 0.384 e. The van der Waals surface area contributed by atoms with Crippen LogP contribution in [0.5, 0.6) is 0 Å². The summed E-state index contributed by atoms with van der Waals surface area (Å²) in [6.07, 6.45) is 3.89. The first-order valence-electron chi connectivity index (χ1n) is 11.1. The first-order chi connectivity index (χ1) is 16.9. The summed E-state index contributed by atoms with van der Waals surface area (Å²) in [5.74, 6) is 0.397. The molecule has 0 radical (unpaired) electrons. The zero-order chi connectivity index (χ0) is 24.5. The summed E-state index contributed by atoms with van der Waals surface area (Å²) in [6.45, 7) is 1.92. The molecule has 2 aromatic carbocycles. The molecule has 11 heteroatoms. The molecule has 1 saturated heterocycles. The van der Waals surface area contributed by atoms with Crippen molar-refractivity contribution in [3.8, 4) is 5.69 Å². The lowest BCUT2D eigenvalue weighted by Crippen LogP contribution is -2.36. The highest BCUT2D eigenvalue weighted by Gasteiger charge is 2.19. The summed E-state index contributed by atoms with van der Waals surface area (Å²) < 4.78 is 6.61. The zero-order valence-electron chi connectivity index (χ0n) is 18.9. The van der Waals surface area contributed by atoms with Gasteiger partial charge in [-0.05, 0) is 49.2 Å². The number of nitrogens with zero attached hydrogens (tertiary/aromatic N) is 5. The van der Waals surface area contributed by atoms with Gasteiger partial charge in [0.25, 0.3) is 0 Å². The van der Waals surface area contributed by atoms with Crippen molar-refractivity contribution >= 4 is 57.4 Å². The monoisotopic (exact) mass is 511 g/mol. The van der Waals surface area contributed by atoms with E-state index in [2.05, 4.69) is 37.3 Å². The number of hydrogen-bond donors (Lipinski definition) is 2. The van der Waals surface area contributed by atoms with E-state index in [0.29, 0.717) is 17.4 Å². The molecule has 180 valence electrons. The molecule has 35 heavy (non-hydrogen) atoms. The lowest BCUT2D eigenvalue weighted by molar-refractivity contribution is 0.0819. The van der Waals surface area contributed by atoms with E-state index < -0.39 is 5.69 Å². The van der Waals surface area contributed by atoms with E-state index in [1.54, 1.807) is 25.3 Å². The van der Waals surface area contributed by atoms with Gasteiger partial charge < -0.3 is 20.7 Å². The molecule has 3 heterocycles. The van der Waals surface area contributed by atoms with E-state index in [1.165, 1.54) is 6.20 Å². The highest BCUT2D eigenvalue weighted by atomic mass is 35.5. The van der Waals surface area contributed by atoms with Crippen molar-refractivity contribution in [3.63, 3.8) is 0 Å². The zero-order valence-corrected chi connectivity index (χ0v) is 20.4. The van der Waals surface area contributed by atoms with Gasteiger partial charge in [-0.25, -0.2) is 14.3 Å². The number of nitrogen functional groups attached to an aromatic ring is 1. The van der Waals surface area contributed by atoms with Gasteiger partial charge in [-0.3, -0.25) is 0 Å². The number of anilines is 4. The Morgan fingerprint density at radius 1 is 1.06 bits per heavy atom. The van der Waals surface area contributed by atoms with E-state index in [0.717, 1.165) is 41.9 Å². The number of para-hydroxylation sites is 1. The van der Waals surface area contributed by atoms with E-state index >= 15 is 0 Å². The number of hydrogen-bond acceptors (Lipinski definition) is 8. The van der Waals surface area contributed by atoms with Gasteiger partial charge in [0.15, 0.2) is 5.65 Å². The molecule has 3 N–H and O–H groups in total. The predicted octanol–water partition coefficient (Wildman–Crippen LogP) is 4.42. The van der Waals surface area contributed by atoms with Gasteiger partial charge in [-0.15, -0.1) is 0 Å². The van der Waals surface area contributed by atoms with Crippen LogP contribution in [0.25, 0.3) is 16.7 Å². The van der Waals surface area contributed by atoms with Crippen molar-refractivity contribution in [2.24, 2.45) is 0 Å². The number of nitrogens with two attached hydrogens (primary N) is 1. The van der Waals surface area contributed by atoms with E-state index in [-0.39, 0.29) is 27.2 Å². The molecule has 4 aromatic rings. The molecular formula is C24H23Cl2N7O2. The molecule has 0 bridgehead atoms. The molecule has 0 atom stereocenters. The number of benzene rings is 2. The van der Waals surface area contributed by atoms with E-state index in [9.17, 15) is 4.79 Å². The minimum atomic E-state index is -0.642. The van der Waals surface area contributed by atoms with Crippen LogP contribution in [0, 0.1) is 0 Å². The second kappa shape index (κ2) is 9.69. The minimum absolute atomic E-state index is 0.100. The Morgan fingerprint density at radius 2 is 1.74 bits per heavy atom. The van der Waals surface area contributed by atoms with Crippen LogP contribution in [0.1, 0.15) is 12.8 Å². The summed E-state index contributed by atoms with van der Waals surface area (Å²) in [6, 6.07) is 13.0. The molecule has 0 unspecified atom stereocenters. The first kappa shape index (κ1) is 23.3. The van der Waals surface area contributed by atoms with Crippen molar-refractivity contribution in [1.82, 2.24) is 19.5 Å². The molecule has 9 nitrogen and oxygen atoms in total. The second-order valence-corrected chi connectivity index (χ2v) is 9.02. The lowest BCUT2D eigenvalue weighted by Gasteiger charge is -2.33. The molecule has 0 aliphatic carbocycles. The molecule has 5 rings (SSSR count). The van der Waals surface area contributed by atoms with Crippen molar-refractivity contribution in [2.45, 2.75) is 18.9 Å². The molecule has 1 fully saturated rings. The van der Waals surface area contributed by atoms with Crippen LogP contribution < -0.4 is 21.6 Å². The fraction of sp³-hybridized carbons (Fsp3) is 0.250. The Kier molecular flexibility index (Phi) is 6.46. The third kappa shape index (κ3) is 4.62. The normalized spacial score (nSPS) is 14.4. The van der Waals surface area contributed by atoms with Crippen LogP contribution in [0.2, 0.25) is 10.0 Å². The maximum absolute atomic E-state index is 12.8. The third-order valence-corrected chi connectivity index (χ3v) is 6.71. The molecule has 0 spiro atoms. The van der Waals surface area contributed by atoms with Crippen molar-refractivity contribution in [1.29, 1.82) is 0 Å². The summed E-state index contributed by atoms with van der Waals surface area (Å²) in [7, 11) is 1.77. The van der Waals surface area contributed by atoms with Crippen LogP contribution in [-0.4, -0.2) is 45.8 Å². The van der Waals surface area contributed by atoms with Gasteiger partial charge in [0, 0.05) is 37.8 Å². The Balaban J connectivity index is 1.39. The number of aromatic nitrogens is 4. The molecule has 2 aromatic heterocycles. The molecule has 1 aliphatic heterocycles. The highest BCUT2D eigenvalue weighted by molar-refractivity contribution is 6.37. The number of rotatable bonds is 5. The average Bonchev–Trinajstić information content (AvgIpc) is 2.86. The van der Waals surface area contributed by atoms with Gasteiger partial charge in [0.2, 0.25) is 5.95 Å². The van der Waals surface area contributed by atoms with Crippen LogP contribution in [0.15, 0.2) is 53.5 Å². The van der Waals surface area contributed by atoms with Crippen molar-refractivity contribution in [2.75, 3.05) is 36.1 Å². The van der Waals surface area contributed by atoms with Crippen molar-refractivity contribution in [3.05, 3.63) is 69.2 Å². The van der Waals surface area contributed by atoms with Crippen molar-refractivity contribution < 1.29 is 4.74 Å². The smallest absolute Gasteiger partial charge is 0.355 e. The maximum atomic E-state index is 12.8. The second-order valence-electron chi connectivity index (χ2n) is 8.21. The number of halogens is 2. The van der Waals surface area contributed by atoms with Gasteiger partial charge in [0.1, 0.15) is 5.82 Å². The summed E-state index contributed by atoms with van der Waals surface area (Å²) >= 11 is 12.5. The number of piperidine rings is 1. The molecule has 0 saturated carbocycles. The lowest BCUT2D eigenvalue weighted by atomic mass is 10.1. The number of fused-ring (bicyclic) bond motifs is 1. The van der Waals surface area contributed by atoms with Crippen LogP contribution in [0.4, 0.5) is 23.1 Å². The Bertz CT molecular complexity index is 1410. The Morgan fingerprint density at radius 3 is 2.40 bits per heavy atom. The standard InChI is InChI=1S/C24H23Cl2N7O2/c1-35-16-9-11-32(12-10-16)15-7-5-14(6-8-15)29-23-28-13-17-21(27)33(24(34)31-22(17)30-23)20-18(25)3-2-4-19(20)26/h2-8,13,16H,9-12,27H2,1H3,(H,29,30,31,34). The van der Waals surface area contributed by atoms with E-state index in [1.807, 2.05) is 12.1 Å². The third-order valence-electron chi connectivity index (χ3n) is 6.10. The predicted molar refractivity (Wildman–Crippen MR) is 139 cm³/mol. The van der Waals surface area contributed by atoms with Crippen LogP contribution in [-0.2, 0) is 4.74 Å². The first-order valence-corrected chi connectivity index (χ1v) is 11.8. The van der Waals surface area contributed by atoms with Gasteiger partial charge in [-0.2, -0.15) is 9.97 Å². The SMILES string of the molecule is COC1CCN(c2ccc(Nc3ncc4c(N)n(-c5c(Cl)cccc5Cl)c(=O)nc4n3)cc2)CC1. The quantitative estimate of drug-likeness (QED) is 0.404. The fourth-order valence-electron chi connectivity index (χ4n) is 4.22. The topological polar surface area (TPSA) is 111 Å². The van der Waals surface area contributed by atoms with Gasteiger partial charge in [-0.1, -0.05) is 29.3 Å². The maximum Gasteiger partial charge on any atom is 0.355 e. The molecule has 1 aliphatic rings. The number of nitrogens with one attached hydrogen (secondary N) is 1. The summed E-state index contributed by atoms with van der Waals surface area (Å²) in [5.41, 5.74) is 8.04. The molecule has 0 amide bonds. The number of methoxy groups -OCH3 is 1. The number of ether oxygens (including phenoxy) is 1. The Hall–Kier alpha value is -3.40.